The van der Waals surface area contributed by atoms with Gasteiger partial charge in [-0.3, -0.25) is 4.79 Å². The van der Waals surface area contributed by atoms with Gasteiger partial charge in [0.15, 0.2) is 0 Å². The summed E-state index contributed by atoms with van der Waals surface area (Å²) in [5.74, 6) is 4.32. The summed E-state index contributed by atoms with van der Waals surface area (Å²) < 4.78 is 4.81. The predicted octanol–water partition coefficient (Wildman–Crippen LogP) is 2.43. The maximum Gasteiger partial charge on any atom is 0.306 e. The highest BCUT2D eigenvalue weighted by atomic mass is 32.2. The Morgan fingerprint density at radius 2 is 1.85 bits per heavy atom. The molecular weight excluding hydrogens is 204 g/mol. The lowest BCUT2D eigenvalue weighted by atomic mass is 10.5. The Morgan fingerprint density at radius 1 is 1.15 bits per heavy atom. The molecule has 0 radical (unpaired) electrons. The molecule has 0 aromatic carbocycles. The second-order valence-electron chi connectivity index (χ2n) is 2.36. The minimum atomic E-state index is -0.0712. The summed E-state index contributed by atoms with van der Waals surface area (Å²) in [4.78, 5) is 10.9. The Bertz CT molecular complexity index is 129. The van der Waals surface area contributed by atoms with Crippen molar-refractivity contribution in [1.82, 2.24) is 0 Å². The Labute approximate surface area is 89.2 Å². The fourth-order valence-electron chi connectivity index (χ4n) is 0.753. The van der Waals surface area contributed by atoms with Crippen LogP contribution in [0.25, 0.3) is 0 Å². The standard InChI is InChI=1S/C9H18O2S2/c1-3-11-9(10)5-6-13-8-7-12-4-2/h3-8H2,1-2H3. The molecule has 4 heteroatoms. The molecule has 0 aliphatic carbocycles. The van der Waals surface area contributed by atoms with Gasteiger partial charge in [0.1, 0.15) is 0 Å². The number of hydrogen-bond acceptors (Lipinski definition) is 4. The Morgan fingerprint density at radius 3 is 2.46 bits per heavy atom. The number of hydrogen-bond donors (Lipinski definition) is 0. The van der Waals surface area contributed by atoms with Crippen LogP contribution in [0, 0.1) is 0 Å². The molecular formula is C9H18O2S2. The summed E-state index contributed by atoms with van der Waals surface area (Å²) in [6, 6.07) is 0. The summed E-state index contributed by atoms with van der Waals surface area (Å²) in [6.45, 7) is 4.49. The molecule has 13 heavy (non-hydrogen) atoms. The summed E-state index contributed by atoms with van der Waals surface area (Å²) in [5, 5.41) is 0. The van der Waals surface area contributed by atoms with Crippen LogP contribution in [0.4, 0.5) is 0 Å². The van der Waals surface area contributed by atoms with Crippen molar-refractivity contribution in [1.29, 1.82) is 0 Å². The van der Waals surface area contributed by atoms with Crippen LogP contribution in [-0.2, 0) is 9.53 Å². The highest BCUT2D eigenvalue weighted by Crippen LogP contribution is 2.07. The molecule has 0 aliphatic heterocycles. The van der Waals surface area contributed by atoms with E-state index >= 15 is 0 Å². The maximum absolute atomic E-state index is 10.9. The number of ether oxygens (including phenoxy) is 1. The fourth-order valence-corrected chi connectivity index (χ4v) is 2.50. The largest absolute Gasteiger partial charge is 0.466 e. The van der Waals surface area contributed by atoms with Crippen molar-refractivity contribution in [3.8, 4) is 0 Å². The number of rotatable bonds is 8. The molecule has 0 atom stereocenters. The van der Waals surface area contributed by atoms with Crippen LogP contribution in [-0.4, -0.2) is 35.6 Å². The monoisotopic (exact) mass is 222 g/mol. The summed E-state index contributed by atoms with van der Waals surface area (Å²) in [5.41, 5.74) is 0. The third kappa shape index (κ3) is 10.1. The molecule has 0 amide bonds. The van der Waals surface area contributed by atoms with E-state index in [1.807, 2.05) is 30.4 Å². The maximum atomic E-state index is 10.9. The van der Waals surface area contributed by atoms with Crippen molar-refractivity contribution < 1.29 is 9.53 Å². The lowest BCUT2D eigenvalue weighted by molar-refractivity contribution is -0.142. The van der Waals surface area contributed by atoms with E-state index in [1.54, 1.807) is 0 Å². The number of esters is 1. The van der Waals surface area contributed by atoms with Crippen molar-refractivity contribution in [2.75, 3.05) is 29.6 Å². The van der Waals surface area contributed by atoms with E-state index in [2.05, 4.69) is 6.92 Å². The van der Waals surface area contributed by atoms with Crippen LogP contribution < -0.4 is 0 Å². The number of carbonyl (C=O) groups is 1. The van der Waals surface area contributed by atoms with Crippen LogP contribution in [0.1, 0.15) is 20.3 Å². The molecule has 2 nitrogen and oxygen atoms in total. The van der Waals surface area contributed by atoms with E-state index < -0.39 is 0 Å². The minimum absolute atomic E-state index is 0.0712. The Kier molecular flexibility index (Phi) is 10.4. The molecule has 0 bridgehead atoms. The van der Waals surface area contributed by atoms with Gasteiger partial charge in [0.2, 0.25) is 0 Å². The van der Waals surface area contributed by atoms with E-state index in [4.69, 9.17) is 4.74 Å². The lowest BCUT2D eigenvalue weighted by Crippen LogP contribution is -2.05. The molecule has 0 unspecified atom stereocenters. The average Bonchev–Trinajstić information content (AvgIpc) is 2.11. The van der Waals surface area contributed by atoms with Crippen LogP contribution in [0.15, 0.2) is 0 Å². The zero-order valence-electron chi connectivity index (χ0n) is 8.38. The smallest absolute Gasteiger partial charge is 0.306 e. The third-order valence-electron chi connectivity index (χ3n) is 1.33. The van der Waals surface area contributed by atoms with E-state index in [1.165, 1.54) is 11.5 Å². The molecule has 78 valence electrons. The zero-order valence-corrected chi connectivity index (χ0v) is 10.0. The van der Waals surface area contributed by atoms with E-state index in [0.717, 1.165) is 11.5 Å². The first-order chi connectivity index (χ1) is 6.31. The van der Waals surface area contributed by atoms with Gasteiger partial charge in [-0.05, 0) is 12.7 Å². The van der Waals surface area contributed by atoms with Crippen molar-refractivity contribution in [2.24, 2.45) is 0 Å². The topological polar surface area (TPSA) is 26.3 Å². The lowest BCUT2D eigenvalue weighted by Gasteiger charge is -2.01. The molecule has 0 rings (SSSR count). The molecule has 0 N–H and O–H groups in total. The summed E-state index contributed by atoms with van der Waals surface area (Å²) in [6.07, 6.45) is 0.551. The molecule has 0 spiro atoms. The molecule has 0 heterocycles. The third-order valence-corrected chi connectivity index (χ3v) is 3.48. The van der Waals surface area contributed by atoms with Gasteiger partial charge in [0.25, 0.3) is 0 Å². The van der Waals surface area contributed by atoms with Gasteiger partial charge < -0.3 is 4.74 Å². The van der Waals surface area contributed by atoms with E-state index in [9.17, 15) is 4.79 Å². The second kappa shape index (κ2) is 10.3. The average molecular weight is 222 g/mol. The van der Waals surface area contributed by atoms with Crippen molar-refractivity contribution >= 4 is 29.5 Å². The van der Waals surface area contributed by atoms with Crippen molar-refractivity contribution in [3.63, 3.8) is 0 Å². The Hall–Kier alpha value is 0.170. The summed E-state index contributed by atoms with van der Waals surface area (Å²) in [7, 11) is 0. The first-order valence-corrected chi connectivity index (χ1v) is 6.93. The quantitative estimate of drug-likeness (QED) is 0.465. The molecule has 0 fully saturated rings. The summed E-state index contributed by atoms with van der Waals surface area (Å²) >= 11 is 3.77. The van der Waals surface area contributed by atoms with Gasteiger partial charge >= 0.3 is 5.97 Å². The molecule has 0 aliphatic rings. The highest BCUT2D eigenvalue weighted by molar-refractivity contribution is 8.02. The second-order valence-corrected chi connectivity index (χ2v) is 4.98. The first-order valence-electron chi connectivity index (χ1n) is 4.62. The van der Waals surface area contributed by atoms with Gasteiger partial charge in [-0.25, -0.2) is 0 Å². The SMILES string of the molecule is CCOC(=O)CCSCCSCC. The number of thioether (sulfide) groups is 2. The highest BCUT2D eigenvalue weighted by Gasteiger charge is 2.00. The van der Waals surface area contributed by atoms with Gasteiger partial charge in [-0.15, -0.1) is 0 Å². The van der Waals surface area contributed by atoms with E-state index in [0.29, 0.717) is 13.0 Å². The van der Waals surface area contributed by atoms with E-state index in [-0.39, 0.29) is 5.97 Å². The predicted molar refractivity (Wildman–Crippen MR) is 61.6 cm³/mol. The fraction of sp³-hybridized carbons (Fsp3) is 0.889. The van der Waals surface area contributed by atoms with Gasteiger partial charge in [-0.1, -0.05) is 6.92 Å². The van der Waals surface area contributed by atoms with Gasteiger partial charge in [-0.2, -0.15) is 23.5 Å². The van der Waals surface area contributed by atoms with Crippen LogP contribution in [0.5, 0.6) is 0 Å². The van der Waals surface area contributed by atoms with Crippen LogP contribution in [0.3, 0.4) is 0 Å². The van der Waals surface area contributed by atoms with Gasteiger partial charge in [0.05, 0.1) is 13.0 Å². The first kappa shape index (κ1) is 13.2. The molecule has 0 aromatic heterocycles. The van der Waals surface area contributed by atoms with Crippen LogP contribution >= 0.6 is 23.5 Å². The van der Waals surface area contributed by atoms with Crippen LogP contribution in [0.2, 0.25) is 0 Å². The molecule has 0 saturated carbocycles. The van der Waals surface area contributed by atoms with Crippen molar-refractivity contribution in [2.45, 2.75) is 20.3 Å². The normalized spacial score (nSPS) is 10.0. The minimum Gasteiger partial charge on any atom is -0.466 e. The van der Waals surface area contributed by atoms with Crippen molar-refractivity contribution in [3.05, 3.63) is 0 Å². The number of carbonyl (C=O) groups excluding carboxylic acids is 1. The molecule has 0 saturated heterocycles. The molecule has 0 aromatic rings. The van der Waals surface area contributed by atoms with Gasteiger partial charge in [0, 0.05) is 17.3 Å². The Balaban J connectivity index is 3.02. The zero-order chi connectivity index (χ0) is 9.94.